The van der Waals surface area contributed by atoms with Crippen LogP contribution in [0.15, 0.2) is 60.8 Å². The zero-order chi connectivity index (χ0) is 22.4. The molecule has 0 saturated carbocycles. The van der Waals surface area contributed by atoms with Crippen LogP contribution in [0, 0.1) is 0 Å². The zero-order valence-electron chi connectivity index (χ0n) is 18.0. The molecule has 2 amide bonds. The fourth-order valence-corrected chi connectivity index (χ4v) is 3.91. The van der Waals surface area contributed by atoms with Gasteiger partial charge in [0.25, 0.3) is 11.8 Å². The van der Waals surface area contributed by atoms with Gasteiger partial charge < -0.3 is 15.1 Å². The molecule has 8 nitrogen and oxygen atoms in total. The highest BCUT2D eigenvalue weighted by Crippen LogP contribution is 2.28. The van der Waals surface area contributed by atoms with Crippen LogP contribution >= 0.6 is 0 Å². The third kappa shape index (κ3) is 3.35. The number of hydrogen-bond donors (Lipinski definition) is 1. The van der Waals surface area contributed by atoms with Gasteiger partial charge in [-0.05, 0) is 53.6 Å². The molecule has 1 aliphatic rings. The van der Waals surface area contributed by atoms with Crippen LogP contribution in [-0.2, 0) is 6.54 Å². The Kier molecular flexibility index (Phi) is 4.62. The van der Waals surface area contributed by atoms with Crippen LogP contribution in [0.3, 0.4) is 0 Å². The lowest BCUT2D eigenvalue weighted by molar-refractivity contribution is 0.0813. The summed E-state index contributed by atoms with van der Waals surface area (Å²) in [5.41, 5.74) is 5.75. The minimum absolute atomic E-state index is 0.0361. The van der Waals surface area contributed by atoms with Gasteiger partial charge in [-0.25, -0.2) is 4.52 Å². The minimum Gasteiger partial charge on any atom is -0.345 e. The van der Waals surface area contributed by atoms with Crippen LogP contribution < -0.4 is 5.32 Å². The highest BCUT2D eigenvalue weighted by atomic mass is 16.2. The molecule has 0 unspecified atom stereocenters. The molecular formula is C24H22N6O2. The first-order valence-corrected chi connectivity index (χ1v) is 10.2. The number of fused-ring (bicyclic) bond motifs is 2. The number of nitrogens with one attached hydrogen (secondary N) is 1. The molecule has 0 spiro atoms. The van der Waals surface area contributed by atoms with E-state index in [1.54, 1.807) is 35.5 Å². The lowest BCUT2D eigenvalue weighted by Crippen LogP contribution is -2.21. The van der Waals surface area contributed by atoms with Crippen LogP contribution in [0.25, 0.3) is 16.8 Å². The maximum Gasteiger partial charge on any atom is 0.254 e. The second-order valence-corrected chi connectivity index (χ2v) is 8.06. The Bertz CT molecular complexity index is 1360. The lowest BCUT2D eigenvalue weighted by Gasteiger charge is -2.10. The number of hydrogen-bond acceptors (Lipinski definition) is 5. The van der Waals surface area contributed by atoms with E-state index in [0.717, 1.165) is 27.9 Å². The molecule has 0 bridgehead atoms. The maximum atomic E-state index is 12.2. The highest BCUT2D eigenvalue weighted by molar-refractivity contribution is 5.98. The molecule has 1 aliphatic heterocycles. The molecule has 0 atom stereocenters. The number of pyridine rings is 1. The summed E-state index contributed by atoms with van der Waals surface area (Å²) in [7, 11) is 5.27. The van der Waals surface area contributed by atoms with Gasteiger partial charge in [-0.15, -0.1) is 5.10 Å². The molecule has 2 aromatic carbocycles. The van der Waals surface area contributed by atoms with Gasteiger partial charge in [-0.2, -0.15) is 4.98 Å². The number of anilines is 2. The Morgan fingerprint density at radius 2 is 1.84 bits per heavy atom. The van der Waals surface area contributed by atoms with E-state index in [1.165, 1.54) is 0 Å². The Morgan fingerprint density at radius 1 is 1.06 bits per heavy atom. The van der Waals surface area contributed by atoms with Crippen molar-refractivity contribution in [3.8, 4) is 11.1 Å². The van der Waals surface area contributed by atoms with Gasteiger partial charge in [0.15, 0.2) is 5.65 Å². The van der Waals surface area contributed by atoms with Crippen LogP contribution in [0.2, 0.25) is 0 Å². The summed E-state index contributed by atoms with van der Waals surface area (Å²) in [6, 6.07) is 17.0. The van der Waals surface area contributed by atoms with Crippen molar-refractivity contribution in [3.05, 3.63) is 77.5 Å². The van der Waals surface area contributed by atoms with Crippen molar-refractivity contribution in [3.63, 3.8) is 0 Å². The van der Waals surface area contributed by atoms with E-state index < -0.39 is 0 Å². The summed E-state index contributed by atoms with van der Waals surface area (Å²) in [6.45, 7) is 0.596. The first kappa shape index (κ1) is 19.7. The van der Waals surface area contributed by atoms with Gasteiger partial charge in [0.1, 0.15) is 0 Å². The van der Waals surface area contributed by atoms with Crippen LogP contribution in [0.1, 0.15) is 26.3 Å². The predicted molar refractivity (Wildman–Crippen MR) is 122 cm³/mol. The summed E-state index contributed by atoms with van der Waals surface area (Å²) in [5, 5.41) is 7.79. The van der Waals surface area contributed by atoms with E-state index in [-0.39, 0.29) is 11.8 Å². The topological polar surface area (TPSA) is 82.8 Å². The summed E-state index contributed by atoms with van der Waals surface area (Å²) < 4.78 is 1.72. The van der Waals surface area contributed by atoms with Crippen molar-refractivity contribution in [2.45, 2.75) is 6.54 Å². The molecule has 5 rings (SSSR count). The quantitative estimate of drug-likeness (QED) is 0.541. The predicted octanol–water partition coefficient (Wildman–Crippen LogP) is 3.43. The number of carbonyl (C=O) groups excluding carboxylic acids is 2. The molecule has 2 aromatic heterocycles. The summed E-state index contributed by atoms with van der Waals surface area (Å²) in [6.07, 6.45) is 1.84. The Morgan fingerprint density at radius 3 is 2.59 bits per heavy atom. The first-order valence-electron chi connectivity index (χ1n) is 10.2. The Hall–Kier alpha value is -4.20. The molecule has 0 aliphatic carbocycles. The largest absolute Gasteiger partial charge is 0.345 e. The molecule has 3 heterocycles. The van der Waals surface area contributed by atoms with Crippen molar-refractivity contribution in [1.82, 2.24) is 24.4 Å². The second-order valence-electron chi connectivity index (χ2n) is 8.06. The molecule has 0 radical (unpaired) electrons. The number of aromatic nitrogens is 3. The standard InChI is InChI=1S/C24H22N6O2/c1-28(2)22(31)16-8-6-15(7-9-16)19-5-4-12-30-21(19)26-24(27-30)25-18-10-11-20-17(13-18)14-29(3)23(20)32/h4-13H,14H2,1-3H3,(H,25,27). The van der Waals surface area contributed by atoms with Crippen molar-refractivity contribution in [2.75, 3.05) is 26.5 Å². The highest BCUT2D eigenvalue weighted by Gasteiger charge is 2.24. The Balaban J connectivity index is 1.45. The van der Waals surface area contributed by atoms with Crippen LogP contribution in [-0.4, -0.2) is 57.4 Å². The molecule has 0 fully saturated rings. The third-order valence-electron chi connectivity index (χ3n) is 5.56. The van der Waals surface area contributed by atoms with Crippen molar-refractivity contribution in [1.29, 1.82) is 0 Å². The number of carbonyl (C=O) groups is 2. The van der Waals surface area contributed by atoms with E-state index in [4.69, 9.17) is 0 Å². The molecular weight excluding hydrogens is 404 g/mol. The van der Waals surface area contributed by atoms with E-state index >= 15 is 0 Å². The van der Waals surface area contributed by atoms with Crippen LogP contribution in [0.5, 0.6) is 0 Å². The molecule has 160 valence electrons. The van der Waals surface area contributed by atoms with Gasteiger partial charge in [-0.3, -0.25) is 9.59 Å². The number of rotatable bonds is 4. The smallest absolute Gasteiger partial charge is 0.254 e. The molecule has 8 heteroatoms. The minimum atomic E-state index is -0.0361. The first-order chi connectivity index (χ1) is 15.4. The fraction of sp³-hybridized carbons (Fsp3) is 0.167. The number of benzene rings is 2. The summed E-state index contributed by atoms with van der Waals surface area (Å²) >= 11 is 0. The van der Waals surface area contributed by atoms with Gasteiger partial charge in [0.05, 0.1) is 0 Å². The third-order valence-corrected chi connectivity index (χ3v) is 5.56. The SMILES string of the molecule is CN(C)C(=O)c1ccc(-c2cccn3nc(Nc4ccc5c(c4)CN(C)C5=O)nc23)cc1. The van der Waals surface area contributed by atoms with Gasteiger partial charge in [0, 0.05) is 56.3 Å². The van der Waals surface area contributed by atoms with Gasteiger partial charge in [-0.1, -0.05) is 12.1 Å². The fourth-order valence-electron chi connectivity index (χ4n) is 3.91. The maximum absolute atomic E-state index is 12.2. The number of nitrogens with zero attached hydrogens (tertiary/aromatic N) is 5. The van der Waals surface area contributed by atoms with E-state index in [9.17, 15) is 9.59 Å². The second kappa shape index (κ2) is 7.49. The Labute approximate surface area is 185 Å². The summed E-state index contributed by atoms with van der Waals surface area (Å²) in [5.74, 6) is 0.473. The molecule has 4 aromatic rings. The molecule has 0 saturated heterocycles. The number of amides is 2. The van der Waals surface area contributed by atoms with E-state index in [1.807, 2.05) is 60.8 Å². The van der Waals surface area contributed by atoms with Gasteiger partial charge in [0.2, 0.25) is 5.95 Å². The molecule has 32 heavy (non-hydrogen) atoms. The van der Waals surface area contributed by atoms with Gasteiger partial charge >= 0.3 is 0 Å². The average molecular weight is 426 g/mol. The van der Waals surface area contributed by atoms with Crippen molar-refractivity contribution < 1.29 is 9.59 Å². The van der Waals surface area contributed by atoms with Crippen molar-refractivity contribution in [2.24, 2.45) is 0 Å². The van der Waals surface area contributed by atoms with Crippen LogP contribution in [0.4, 0.5) is 11.6 Å². The average Bonchev–Trinajstić information content (AvgIpc) is 3.32. The molecule has 1 N–H and O–H groups in total. The van der Waals surface area contributed by atoms with E-state index in [0.29, 0.717) is 23.7 Å². The lowest BCUT2D eigenvalue weighted by atomic mass is 10.0. The van der Waals surface area contributed by atoms with Crippen molar-refractivity contribution >= 4 is 29.1 Å². The van der Waals surface area contributed by atoms with E-state index in [2.05, 4.69) is 15.4 Å². The normalized spacial score (nSPS) is 12.8. The zero-order valence-corrected chi connectivity index (χ0v) is 18.0. The monoisotopic (exact) mass is 426 g/mol. The summed E-state index contributed by atoms with van der Waals surface area (Å²) in [4.78, 5) is 32.2.